The summed E-state index contributed by atoms with van der Waals surface area (Å²) in [5.74, 6) is 0.378. The number of nitrogens with zero attached hydrogens (tertiary/aromatic N) is 2. The third kappa shape index (κ3) is 2.32. The Morgan fingerprint density at radius 2 is 1.94 bits per heavy atom. The zero-order chi connectivity index (χ0) is 11.5. The van der Waals surface area contributed by atoms with E-state index in [4.69, 9.17) is 28.3 Å². The van der Waals surface area contributed by atoms with E-state index in [2.05, 4.69) is 9.97 Å². The summed E-state index contributed by atoms with van der Waals surface area (Å²) in [6, 6.07) is 7.00. The van der Waals surface area contributed by atoms with Crippen molar-refractivity contribution in [3.63, 3.8) is 0 Å². The summed E-state index contributed by atoms with van der Waals surface area (Å²) in [4.78, 5) is 8.07. The summed E-state index contributed by atoms with van der Waals surface area (Å²) in [6.07, 6.45) is 1.59. The number of hydrogen-bond donors (Lipinski definition) is 1. The second-order valence-electron chi connectivity index (χ2n) is 3.15. The van der Waals surface area contributed by atoms with Gasteiger partial charge in [-0.3, -0.25) is 0 Å². The Balaban J connectivity index is 2.46. The van der Waals surface area contributed by atoms with Crippen molar-refractivity contribution in [2.24, 2.45) is 0 Å². The van der Waals surface area contributed by atoms with Gasteiger partial charge < -0.3 is 5.11 Å². The first-order valence-corrected chi connectivity index (χ1v) is 5.34. The molecular formula is C11H8Cl2N2O. The maximum atomic E-state index is 8.94. The van der Waals surface area contributed by atoms with E-state index >= 15 is 0 Å². The normalized spacial score (nSPS) is 10.4. The topological polar surface area (TPSA) is 46.0 Å². The monoisotopic (exact) mass is 254 g/mol. The van der Waals surface area contributed by atoms with Crippen LogP contribution in [0.5, 0.6) is 0 Å². The molecule has 3 nitrogen and oxygen atoms in total. The lowest BCUT2D eigenvalue weighted by atomic mass is 10.1. The van der Waals surface area contributed by atoms with Crippen molar-refractivity contribution in [1.82, 2.24) is 9.97 Å². The van der Waals surface area contributed by atoms with Crippen LogP contribution in [-0.4, -0.2) is 15.1 Å². The summed E-state index contributed by atoms with van der Waals surface area (Å²) >= 11 is 11.7. The van der Waals surface area contributed by atoms with Crippen LogP contribution >= 0.6 is 23.2 Å². The molecule has 0 aliphatic heterocycles. The second-order valence-corrected chi connectivity index (χ2v) is 3.96. The van der Waals surface area contributed by atoms with E-state index in [-0.39, 0.29) is 6.61 Å². The van der Waals surface area contributed by atoms with Crippen LogP contribution in [0.1, 0.15) is 5.82 Å². The molecule has 0 aliphatic rings. The van der Waals surface area contributed by atoms with Gasteiger partial charge >= 0.3 is 0 Å². The van der Waals surface area contributed by atoms with Crippen LogP contribution in [0, 0.1) is 0 Å². The number of benzene rings is 1. The molecule has 0 saturated carbocycles. The van der Waals surface area contributed by atoms with Crippen molar-refractivity contribution in [3.05, 3.63) is 46.3 Å². The van der Waals surface area contributed by atoms with Gasteiger partial charge in [-0.15, -0.1) is 0 Å². The molecule has 0 unspecified atom stereocenters. The van der Waals surface area contributed by atoms with E-state index in [0.29, 0.717) is 21.6 Å². The minimum Gasteiger partial charge on any atom is -0.388 e. The van der Waals surface area contributed by atoms with Crippen LogP contribution in [0.3, 0.4) is 0 Å². The fourth-order valence-electron chi connectivity index (χ4n) is 1.29. The van der Waals surface area contributed by atoms with Gasteiger partial charge in [0, 0.05) is 11.8 Å². The molecule has 0 amide bonds. The first-order chi connectivity index (χ1) is 7.70. The molecule has 0 radical (unpaired) electrons. The van der Waals surface area contributed by atoms with Crippen molar-refractivity contribution in [2.75, 3.05) is 0 Å². The van der Waals surface area contributed by atoms with Crippen molar-refractivity contribution in [2.45, 2.75) is 6.61 Å². The predicted octanol–water partition coefficient (Wildman–Crippen LogP) is 2.94. The molecule has 16 heavy (non-hydrogen) atoms. The van der Waals surface area contributed by atoms with Crippen molar-refractivity contribution in [1.29, 1.82) is 0 Å². The first-order valence-electron chi connectivity index (χ1n) is 4.59. The van der Waals surface area contributed by atoms with Gasteiger partial charge in [-0.25, -0.2) is 9.97 Å². The summed E-state index contributed by atoms with van der Waals surface area (Å²) in [5.41, 5.74) is 1.55. The van der Waals surface area contributed by atoms with Gasteiger partial charge in [-0.05, 0) is 18.2 Å². The van der Waals surface area contributed by atoms with Crippen LogP contribution in [0.15, 0.2) is 30.5 Å². The second kappa shape index (κ2) is 4.78. The lowest BCUT2D eigenvalue weighted by Crippen LogP contribution is -1.95. The number of aliphatic hydroxyl groups is 1. The fourth-order valence-corrected chi connectivity index (χ4v) is 1.59. The zero-order valence-electron chi connectivity index (χ0n) is 8.19. The molecule has 82 valence electrons. The molecule has 0 aliphatic carbocycles. The molecule has 2 rings (SSSR count). The highest BCUT2D eigenvalue weighted by Gasteiger charge is 2.04. The summed E-state index contributed by atoms with van der Waals surface area (Å²) in [7, 11) is 0. The van der Waals surface area contributed by atoms with E-state index < -0.39 is 0 Å². The van der Waals surface area contributed by atoms with E-state index in [1.807, 2.05) is 6.07 Å². The molecule has 0 saturated heterocycles. The molecule has 2 aromatic rings. The third-order valence-corrected chi connectivity index (χ3v) is 2.80. The van der Waals surface area contributed by atoms with E-state index in [1.165, 1.54) is 0 Å². The largest absolute Gasteiger partial charge is 0.388 e. The highest BCUT2D eigenvalue weighted by Crippen LogP contribution is 2.27. The number of aromatic nitrogens is 2. The Labute approximate surface area is 103 Å². The van der Waals surface area contributed by atoms with Gasteiger partial charge in [0.1, 0.15) is 6.61 Å². The minimum absolute atomic E-state index is 0.185. The quantitative estimate of drug-likeness (QED) is 0.897. The molecule has 1 N–H and O–H groups in total. The highest BCUT2D eigenvalue weighted by atomic mass is 35.5. The first kappa shape index (κ1) is 11.3. The maximum Gasteiger partial charge on any atom is 0.154 e. The lowest BCUT2D eigenvalue weighted by Gasteiger charge is -2.03. The van der Waals surface area contributed by atoms with E-state index in [9.17, 15) is 0 Å². The Hall–Kier alpha value is -1.16. The molecule has 0 atom stereocenters. The molecule has 1 heterocycles. The molecule has 1 aromatic heterocycles. The average molecular weight is 255 g/mol. The van der Waals surface area contributed by atoms with Gasteiger partial charge in [0.15, 0.2) is 5.82 Å². The molecule has 0 fully saturated rings. The molecule has 0 bridgehead atoms. The number of halogens is 2. The average Bonchev–Trinajstić information content (AvgIpc) is 2.33. The Morgan fingerprint density at radius 1 is 1.12 bits per heavy atom. The SMILES string of the molecule is OCc1nccc(-c2ccc(Cl)c(Cl)c2)n1. The molecule has 1 aromatic carbocycles. The van der Waals surface area contributed by atoms with Crippen LogP contribution in [-0.2, 0) is 6.61 Å². The van der Waals surface area contributed by atoms with Gasteiger partial charge in [0.25, 0.3) is 0 Å². The van der Waals surface area contributed by atoms with Crippen LogP contribution in [0.4, 0.5) is 0 Å². The van der Waals surface area contributed by atoms with Crippen molar-refractivity contribution < 1.29 is 5.11 Å². The standard InChI is InChI=1S/C11H8Cl2N2O/c12-8-2-1-7(5-9(8)13)10-3-4-14-11(6-16)15-10/h1-5,16H,6H2. The van der Waals surface area contributed by atoms with Crippen molar-refractivity contribution >= 4 is 23.2 Å². The maximum absolute atomic E-state index is 8.94. The number of hydrogen-bond acceptors (Lipinski definition) is 3. The molecule has 5 heteroatoms. The van der Waals surface area contributed by atoms with Crippen molar-refractivity contribution in [3.8, 4) is 11.3 Å². The van der Waals surface area contributed by atoms with Gasteiger partial charge in [-0.2, -0.15) is 0 Å². The van der Waals surface area contributed by atoms with Crippen LogP contribution in [0.2, 0.25) is 10.0 Å². The highest BCUT2D eigenvalue weighted by molar-refractivity contribution is 6.42. The molecular weight excluding hydrogens is 247 g/mol. The Kier molecular flexibility index (Phi) is 3.39. The van der Waals surface area contributed by atoms with Gasteiger partial charge in [-0.1, -0.05) is 29.3 Å². The molecule has 0 spiro atoms. The summed E-state index contributed by atoms with van der Waals surface area (Å²) in [5, 5.41) is 9.91. The Bertz CT molecular complexity index is 517. The predicted molar refractivity (Wildman–Crippen MR) is 63.4 cm³/mol. The van der Waals surface area contributed by atoms with E-state index in [0.717, 1.165) is 5.56 Å². The number of rotatable bonds is 2. The number of aliphatic hydroxyl groups excluding tert-OH is 1. The van der Waals surface area contributed by atoms with Gasteiger partial charge in [0.2, 0.25) is 0 Å². The summed E-state index contributed by atoms with van der Waals surface area (Å²) in [6.45, 7) is -0.185. The van der Waals surface area contributed by atoms with E-state index in [1.54, 1.807) is 24.4 Å². The van der Waals surface area contributed by atoms with Crippen LogP contribution < -0.4 is 0 Å². The fraction of sp³-hybridized carbons (Fsp3) is 0.0909. The van der Waals surface area contributed by atoms with Crippen LogP contribution in [0.25, 0.3) is 11.3 Å². The lowest BCUT2D eigenvalue weighted by molar-refractivity contribution is 0.271. The van der Waals surface area contributed by atoms with Gasteiger partial charge in [0.05, 0.1) is 15.7 Å². The smallest absolute Gasteiger partial charge is 0.154 e. The Morgan fingerprint density at radius 3 is 2.62 bits per heavy atom. The minimum atomic E-state index is -0.185. The summed E-state index contributed by atoms with van der Waals surface area (Å²) < 4.78 is 0. The third-order valence-electron chi connectivity index (χ3n) is 2.06. The zero-order valence-corrected chi connectivity index (χ0v) is 9.70.